The maximum absolute atomic E-state index is 8.83. The molecule has 6 heteroatoms. The van der Waals surface area contributed by atoms with Crippen LogP contribution >= 0.6 is 0 Å². The molecule has 1 aromatic rings. The van der Waals surface area contributed by atoms with Crippen molar-refractivity contribution in [2.75, 3.05) is 46.8 Å². The zero-order chi connectivity index (χ0) is 15.3. The van der Waals surface area contributed by atoms with E-state index in [1.807, 2.05) is 24.3 Å². The van der Waals surface area contributed by atoms with Gasteiger partial charge in [0.25, 0.3) is 0 Å². The van der Waals surface area contributed by atoms with Crippen LogP contribution in [0, 0.1) is 0 Å². The van der Waals surface area contributed by atoms with Gasteiger partial charge in [-0.2, -0.15) is 0 Å². The highest BCUT2D eigenvalue weighted by Gasteiger charge is 2.06. The van der Waals surface area contributed by atoms with Gasteiger partial charge in [-0.25, -0.2) is 0 Å². The van der Waals surface area contributed by atoms with Crippen molar-refractivity contribution in [1.29, 1.82) is 0 Å². The first kappa shape index (κ1) is 17.4. The van der Waals surface area contributed by atoms with Crippen molar-refractivity contribution >= 4 is 5.71 Å². The van der Waals surface area contributed by atoms with E-state index in [1.165, 1.54) is 0 Å². The predicted octanol–water partition coefficient (Wildman–Crippen LogP) is 1.94. The van der Waals surface area contributed by atoms with Crippen molar-refractivity contribution in [2.24, 2.45) is 5.16 Å². The SMILES string of the molecule is COCCOCCOCCOc1ccccc1/C(C)=N/O. The van der Waals surface area contributed by atoms with Crippen LogP contribution in [0.2, 0.25) is 0 Å². The lowest BCUT2D eigenvalue weighted by Crippen LogP contribution is -2.13. The quantitative estimate of drug-likeness (QED) is 0.292. The Bertz CT molecular complexity index is 422. The molecule has 0 bridgehead atoms. The molecule has 0 aliphatic heterocycles. The summed E-state index contributed by atoms with van der Waals surface area (Å²) in [5.74, 6) is 0.674. The first-order chi connectivity index (χ1) is 10.3. The van der Waals surface area contributed by atoms with Crippen molar-refractivity contribution in [3.8, 4) is 5.75 Å². The lowest BCUT2D eigenvalue weighted by atomic mass is 10.1. The molecule has 0 fully saturated rings. The van der Waals surface area contributed by atoms with Crippen LogP contribution in [-0.2, 0) is 14.2 Å². The minimum atomic E-state index is 0.424. The molecule has 0 amide bonds. The van der Waals surface area contributed by atoms with Crippen molar-refractivity contribution in [3.05, 3.63) is 29.8 Å². The Morgan fingerprint density at radius 2 is 1.62 bits per heavy atom. The number of hydrogen-bond acceptors (Lipinski definition) is 6. The molecule has 21 heavy (non-hydrogen) atoms. The second-order valence-corrected chi connectivity index (χ2v) is 4.25. The Labute approximate surface area is 125 Å². The first-order valence-corrected chi connectivity index (χ1v) is 6.85. The molecular formula is C15H23NO5. The third kappa shape index (κ3) is 7.08. The summed E-state index contributed by atoms with van der Waals surface area (Å²) in [4.78, 5) is 0. The fraction of sp³-hybridized carbons (Fsp3) is 0.533. The van der Waals surface area contributed by atoms with E-state index in [0.717, 1.165) is 5.56 Å². The average Bonchev–Trinajstić information content (AvgIpc) is 2.53. The predicted molar refractivity (Wildman–Crippen MR) is 79.4 cm³/mol. The monoisotopic (exact) mass is 297 g/mol. The largest absolute Gasteiger partial charge is 0.490 e. The van der Waals surface area contributed by atoms with E-state index in [2.05, 4.69) is 5.16 Å². The number of oxime groups is 1. The molecule has 0 radical (unpaired) electrons. The van der Waals surface area contributed by atoms with E-state index in [9.17, 15) is 0 Å². The van der Waals surface area contributed by atoms with E-state index < -0.39 is 0 Å². The Kier molecular flexibility index (Phi) is 9.19. The Balaban J connectivity index is 2.19. The Morgan fingerprint density at radius 3 is 2.29 bits per heavy atom. The summed E-state index contributed by atoms with van der Waals surface area (Å²) in [6.07, 6.45) is 0. The molecule has 0 saturated heterocycles. The third-order valence-electron chi connectivity index (χ3n) is 2.72. The maximum Gasteiger partial charge on any atom is 0.128 e. The summed E-state index contributed by atoms with van der Waals surface area (Å²) in [6, 6.07) is 7.41. The number of para-hydroxylation sites is 1. The normalized spacial score (nSPS) is 11.6. The molecule has 0 aliphatic rings. The molecule has 0 aliphatic carbocycles. The lowest BCUT2D eigenvalue weighted by Gasteiger charge is -2.11. The smallest absolute Gasteiger partial charge is 0.128 e. The first-order valence-electron chi connectivity index (χ1n) is 6.85. The van der Waals surface area contributed by atoms with Crippen LogP contribution in [0.15, 0.2) is 29.4 Å². The Hall–Kier alpha value is -1.63. The van der Waals surface area contributed by atoms with Gasteiger partial charge in [-0.1, -0.05) is 17.3 Å². The van der Waals surface area contributed by atoms with Gasteiger partial charge in [-0.05, 0) is 19.1 Å². The third-order valence-corrected chi connectivity index (χ3v) is 2.72. The van der Waals surface area contributed by atoms with Crippen LogP contribution in [0.1, 0.15) is 12.5 Å². The van der Waals surface area contributed by atoms with Crippen LogP contribution in [-0.4, -0.2) is 57.7 Å². The van der Waals surface area contributed by atoms with Crippen LogP contribution in [0.5, 0.6) is 5.75 Å². The highest BCUT2D eigenvalue weighted by atomic mass is 16.6. The molecule has 1 rings (SSSR count). The molecule has 0 aromatic heterocycles. The molecule has 0 unspecified atom stereocenters. The summed E-state index contributed by atoms with van der Waals surface area (Å²) in [5, 5.41) is 12.0. The van der Waals surface area contributed by atoms with E-state index in [1.54, 1.807) is 14.0 Å². The molecule has 0 atom stereocenters. The van der Waals surface area contributed by atoms with Gasteiger partial charge in [0, 0.05) is 12.7 Å². The fourth-order valence-electron chi connectivity index (χ4n) is 1.62. The van der Waals surface area contributed by atoms with Crippen molar-refractivity contribution in [3.63, 3.8) is 0 Å². The van der Waals surface area contributed by atoms with Crippen molar-refractivity contribution in [1.82, 2.24) is 0 Å². The number of benzene rings is 1. The van der Waals surface area contributed by atoms with Gasteiger partial charge < -0.3 is 24.2 Å². The van der Waals surface area contributed by atoms with Crippen LogP contribution in [0.4, 0.5) is 0 Å². The van der Waals surface area contributed by atoms with Crippen LogP contribution in [0.3, 0.4) is 0 Å². The summed E-state index contributed by atoms with van der Waals surface area (Å²) in [5.41, 5.74) is 1.28. The number of ether oxygens (including phenoxy) is 4. The maximum atomic E-state index is 8.83. The van der Waals surface area contributed by atoms with Crippen molar-refractivity contribution < 1.29 is 24.2 Å². The minimum Gasteiger partial charge on any atom is -0.490 e. The second-order valence-electron chi connectivity index (χ2n) is 4.25. The van der Waals surface area contributed by atoms with E-state index in [4.69, 9.17) is 24.2 Å². The van der Waals surface area contributed by atoms with Gasteiger partial charge in [0.2, 0.25) is 0 Å². The number of hydrogen-bond donors (Lipinski definition) is 1. The molecule has 1 aromatic carbocycles. The molecule has 0 heterocycles. The fourth-order valence-corrected chi connectivity index (χ4v) is 1.62. The van der Waals surface area contributed by atoms with E-state index in [-0.39, 0.29) is 0 Å². The topological polar surface area (TPSA) is 69.5 Å². The van der Waals surface area contributed by atoms with Crippen LogP contribution < -0.4 is 4.74 Å². The molecule has 118 valence electrons. The lowest BCUT2D eigenvalue weighted by molar-refractivity contribution is 0.0179. The van der Waals surface area contributed by atoms with Gasteiger partial charge >= 0.3 is 0 Å². The zero-order valence-electron chi connectivity index (χ0n) is 12.6. The molecule has 0 saturated carbocycles. The number of methoxy groups -OCH3 is 1. The zero-order valence-corrected chi connectivity index (χ0v) is 12.6. The summed E-state index contributed by atoms with van der Waals surface area (Å²) >= 11 is 0. The summed E-state index contributed by atoms with van der Waals surface area (Å²) in [7, 11) is 1.64. The Morgan fingerprint density at radius 1 is 1.00 bits per heavy atom. The molecular weight excluding hydrogens is 274 g/mol. The van der Waals surface area contributed by atoms with E-state index >= 15 is 0 Å². The minimum absolute atomic E-state index is 0.424. The highest BCUT2D eigenvalue weighted by molar-refractivity contribution is 6.00. The van der Waals surface area contributed by atoms with Gasteiger partial charge in [0.15, 0.2) is 0 Å². The van der Waals surface area contributed by atoms with Gasteiger partial charge in [-0.3, -0.25) is 0 Å². The summed E-state index contributed by atoms with van der Waals surface area (Å²) < 4.78 is 21.2. The van der Waals surface area contributed by atoms with Crippen LogP contribution in [0.25, 0.3) is 0 Å². The molecule has 0 spiro atoms. The van der Waals surface area contributed by atoms with Gasteiger partial charge in [0.05, 0.1) is 38.7 Å². The summed E-state index contributed by atoms with van der Waals surface area (Å²) in [6.45, 7) is 4.83. The average molecular weight is 297 g/mol. The number of rotatable bonds is 11. The number of nitrogens with zero attached hydrogens (tertiary/aromatic N) is 1. The molecule has 6 nitrogen and oxygen atoms in total. The highest BCUT2D eigenvalue weighted by Crippen LogP contribution is 2.18. The van der Waals surface area contributed by atoms with Gasteiger partial charge in [0.1, 0.15) is 12.4 Å². The van der Waals surface area contributed by atoms with Gasteiger partial charge in [-0.15, -0.1) is 0 Å². The van der Waals surface area contributed by atoms with E-state index in [0.29, 0.717) is 51.1 Å². The standard InChI is InChI=1S/C15H23NO5/c1-13(16-17)14-5-3-4-6-15(14)21-12-11-20-10-9-19-8-7-18-2/h3-6,17H,7-12H2,1-2H3/b16-13+. The van der Waals surface area contributed by atoms with Crippen molar-refractivity contribution in [2.45, 2.75) is 6.92 Å². The second kappa shape index (κ2) is 11.1. The molecule has 1 N–H and O–H groups in total.